The molecule has 0 aliphatic carbocycles. The summed E-state index contributed by atoms with van der Waals surface area (Å²) >= 11 is 0. The summed E-state index contributed by atoms with van der Waals surface area (Å²) in [6.45, 7) is 4.07. The van der Waals surface area contributed by atoms with Crippen molar-refractivity contribution in [2.24, 2.45) is 0 Å². The van der Waals surface area contributed by atoms with Crippen molar-refractivity contribution < 1.29 is 13.9 Å². The molecule has 2 aromatic rings. The third-order valence-corrected chi connectivity index (χ3v) is 3.09. The Morgan fingerprint density at radius 1 is 1.00 bits per heavy atom. The minimum atomic E-state index is 0.722. The van der Waals surface area contributed by atoms with Gasteiger partial charge in [0.2, 0.25) is 11.5 Å². The van der Waals surface area contributed by atoms with Gasteiger partial charge >= 0.3 is 0 Å². The Hall–Kier alpha value is -1.90. The summed E-state index contributed by atoms with van der Waals surface area (Å²) in [5, 5.41) is 0. The second kappa shape index (κ2) is 4.41. The summed E-state index contributed by atoms with van der Waals surface area (Å²) in [6.07, 6.45) is 3.11. The fourth-order valence-corrected chi connectivity index (χ4v) is 2.13. The third-order valence-electron chi connectivity index (χ3n) is 3.09. The summed E-state index contributed by atoms with van der Waals surface area (Å²) in [6, 6.07) is 7.67. The lowest BCUT2D eigenvalue weighted by Gasteiger charge is -2.17. The summed E-state index contributed by atoms with van der Waals surface area (Å²) in [5.74, 6) is 4.64. The molecule has 18 heavy (non-hydrogen) atoms. The molecule has 0 spiro atoms. The van der Waals surface area contributed by atoms with Gasteiger partial charge in [-0.1, -0.05) is 25.5 Å². The van der Waals surface area contributed by atoms with Gasteiger partial charge in [-0.25, -0.2) is 0 Å². The number of furan rings is 1. The van der Waals surface area contributed by atoms with Crippen molar-refractivity contribution in [2.45, 2.75) is 33.1 Å². The van der Waals surface area contributed by atoms with Crippen LogP contribution in [0.2, 0.25) is 0 Å². The molecular weight excluding hydrogens is 228 g/mol. The molecule has 1 aliphatic heterocycles. The lowest BCUT2D eigenvalue weighted by Crippen LogP contribution is -1.98. The predicted molar refractivity (Wildman–Crippen MR) is 68.6 cm³/mol. The van der Waals surface area contributed by atoms with E-state index in [2.05, 4.69) is 6.92 Å². The SMILES string of the molecule is CCCCc1oc(C)c2c1Oc1ccccc1O2. The third kappa shape index (κ3) is 1.76. The summed E-state index contributed by atoms with van der Waals surface area (Å²) < 4.78 is 17.5. The lowest BCUT2D eigenvalue weighted by atomic mass is 10.2. The van der Waals surface area contributed by atoms with Crippen LogP contribution in [0.25, 0.3) is 0 Å². The van der Waals surface area contributed by atoms with E-state index in [4.69, 9.17) is 13.9 Å². The predicted octanol–water partition coefficient (Wildman–Crippen LogP) is 4.83. The van der Waals surface area contributed by atoms with Crippen molar-refractivity contribution in [3.63, 3.8) is 0 Å². The Morgan fingerprint density at radius 2 is 1.67 bits per heavy atom. The molecule has 0 amide bonds. The van der Waals surface area contributed by atoms with Crippen LogP contribution in [-0.4, -0.2) is 0 Å². The second-order valence-corrected chi connectivity index (χ2v) is 4.49. The Kier molecular flexibility index (Phi) is 2.74. The van der Waals surface area contributed by atoms with Crippen LogP contribution in [0.15, 0.2) is 28.7 Å². The van der Waals surface area contributed by atoms with Crippen LogP contribution in [0.3, 0.4) is 0 Å². The monoisotopic (exact) mass is 244 g/mol. The molecule has 0 radical (unpaired) electrons. The van der Waals surface area contributed by atoms with E-state index in [1.54, 1.807) is 0 Å². The highest BCUT2D eigenvalue weighted by Gasteiger charge is 2.27. The highest BCUT2D eigenvalue weighted by atomic mass is 16.6. The fraction of sp³-hybridized carbons (Fsp3) is 0.333. The van der Waals surface area contributed by atoms with Crippen molar-refractivity contribution in [3.8, 4) is 23.0 Å². The van der Waals surface area contributed by atoms with Gasteiger partial charge < -0.3 is 13.9 Å². The fourth-order valence-electron chi connectivity index (χ4n) is 2.13. The first-order valence-corrected chi connectivity index (χ1v) is 6.36. The highest BCUT2D eigenvalue weighted by Crippen LogP contribution is 2.50. The van der Waals surface area contributed by atoms with Crippen LogP contribution >= 0.6 is 0 Å². The van der Waals surface area contributed by atoms with Gasteiger partial charge in [0.1, 0.15) is 5.76 Å². The summed E-state index contributed by atoms with van der Waals surface area (Å²) in [4.78, 5) is 0. The van der Waals surface area contributed by atoms with Gasteiger partial charge in [-0.15, -0.1) is 0 Å². The largest absolute Gasteiger partial charge is 0.458 e. The molecule has 1 aromatic heterocycles. The van der Waals surface area contributed by atoms with Crippen molar-refractivity contribution in [3.05, 3.63) is 35.8 Å². The molecule has 0 saturated heterocycles. The van der Waals surface area contributed by atoms with E-state index in [0.29, 0.717) is 0 Å². The Balaban J connectivity index is 1.98. The maximum Gasteiger partial charge on any atom is 0.211 e. The van der Waals surface area contributed by atoms with Crippen LogP contribution in [-0.2, 0) is 6.42 Å². The Morgan fingerprint density at radius 3 is 2.33 bits per heavy atom. The van der Waals surface area contributed by atoms with E-state index < -0.39 is 0 Å². The van der Waals surface area contributed by atoms with Gasteiger partial charge in [-0.05, 0) is 25.5 Å². The second-order valence-electron chi connectivity index (χ2n) is 4.49. The maximum absolute atomic E-state index is 5.91. The number of benzene rings is 1. The molecule has 0 fully saturated rings. The number of rotatable bonds is 3. The zero-order valence-corrected chi connectivity index (χ0v) is 10.7. The zero-order valence-electron chi connectivity index (χ0n) is 10.7. The molecule has 0 unspecified atom stereocenters. The van der Waals surface area contributed by atoms with Gasteiger partial charge in [0.05, 0.1) is 0 Å². The van der Waals surface area contributed by atoms with E-state index in [0.717, 1.165) is 53.8 Å². The maximum atomic E-state index is 5.91. The van der Waals surface area contributed by atoms with E-state index >= 15 is 0 Å². The molecule has 2 heterocycles. The number of unbranched alkanes of at least 4 members (excludes halogenated alkanes) is 1. The van der Waals surface area contributed by atoms with Crippen LogP contribution in [0.5, 0.6) is 23.0 Å². The molecule has 1 aliphatic rings. The van der Waals surface area contributed by atoms with Crippen molar-refractivity contribution in [1.29, 1.82) is 0 Å². The van der Waals surface area contributed by atoms with Gasteiger partial charge in [0.15, 0.2) is 17.3 Å². The molecule has 94 valence electrons. The van der Waals surface area contributed by atoms with Crippen LogP contribution in [0, 0.1) is 6.92 Å². The number of para-hydroxylation sites is 2. The van der Waals surface area contributed by atoms with Crippen molar-refractivity contribution >= 4 is 0 Å². The first kappa shape index (κ1) is 11.2. The van der Waals surface area contributed by atoms with E-state index in [-0.39, 0.29) is 0 Å². The number of hydrogen-bond acceptors (Lipinski definition) is 3. The lowest BCUT2D eigenvalue weighted by molar-refractivity contribution is 0.358. The number of aryl methyl sites for hydroxylation is 2. The molecule has 0 N–H and O–H groups in total. The highest BCUT2D eigenvalue weighted by molar-refractivity contribution is 5.57. The molecular formula is C15H16O3. The molecule has 1 aromatic carbocycles. The van der Waals surface area contributed by atoms with E-state index in [9.17, 15) is 0 Å². The van der Waals surface area contributed by atoms with Crippen LogP contribution in [0.4, 0.5) is 0 Å². The normalized spacial score (nSPS) is 12.3. The first-order chi connectivity index (χ1) is 8.79. The standard InChI is InChI=1S/C15H16O3/c1-3-4-7-13-15-14(10(2)16-13)17-11-8-5-6-9-12(11)18-15/h5-6,8-9H,3-4,7H2,1-2H3. The summed E-state index contributed by atoms with van der Waals surface area (Å²) in [5.41, 5.74) is 0. The van der Waals surface area contributed by atoms with Gasteiger partial charge in [-0.3, -0.25) is 0 Å². The first-order valence-electron chi connectivity index (χ1n) is 6.36. The number of hydrogen-bond donors (Lipinski definition) is 0. The van der Waals surface area contributed by atoms with Crippen LogP contribution in [0.1, 0.15) is 31.3 Å². The summed E-state index contributed by atoms with van der Waals surface area (Å²) in [7, 11) is 0. The van der Waals surface area contributed by atoms with Gasteiger partial charge in [0, 0.05) is 6.42 Å². The zero-order chi connectivity index (χ0) is 12.5. The minimum absolute atomic E-state index is 0.722. The average Bonchev–Trinajstić information content (AvgIpc) is 2.70. The number of ether oxygens (including phenoxy) is 2. The molecule has 0 atom stereocenters. The molecule has 3 nitrogen and oxygen atoms in total. The molecule has 3 rings (SSSR count). The van der Waals surface area contributed by atoms with Gasteiger partial charge in [-0.2, -0.15) is 0 Å². The Labute approximate surface area is 106 Å². The average molecular weight is 244 g/mol. The van der Waals surface area contributed by atoms with Gasteiger partial charge in [0.25, 0.3) is 0 Å². The molecule has 0 bridgehead atoms. The quantitative estimate of drug-likeness (QED) is 0.661. The van der Waals surface area contributed by atoms with Crippen molar-refractivity contribution in [1.82, 2.24) is 0 Å². The van der Waals surface area contributed by atoms with Crippen molar-refractivity contribution in [2.75, 3.05) is 0 Å². The number of fused-ring (bicyclic) bond motifs is 2. The van der Waals surface area contributed by atoms with Crippen LogP contribution < -0.4 is 9.47 Å². The molecule has 3 heteroatoms. The molecule has 0 saturated carbocycles. The minimum Gasteiger partial charge on any atom is -0.458 e. The Bertz CT molecular complexity index is 569. The van der Waals surface area contributed by atoms with E-state index in [1.165, 1.54) is 0 Å². The smallest absolute Gasteiger partial charge is 0.211 e. The van der Waals surface area contributed by atoms with E-state index in [1.807, 2.05) is 31.2 Å². The topological polar surface area (TPSA) is 31.6 Å².